The summed E-state index contributed by atoms with van der Waals surface area (Å²) < 4.78 is 13.0. The van der Waals surface area contributed by atoms with Crippen LogP contribution in [0.3, 0.4) is 0 Å². The maximum Gasteiger partial charge on any atom is 0.162 e. The van der Waals surface area contributed by atoms with Gasteiger partial charge in [0.15, 0.2) is 5.79 Å². The van der Waals surface area contributed by atoms with Crippen molar-refractivity contribution in [1.82, 2.24) is 9.78 Å². The summed E-state index contributed by atoms with van der Waals surface area (Å²) in [5.41, 5.74) is 1.01. The van der Waals surface area contributed by atoms with Crippen LogP contribution in [0.4, 0.5) is 5.69 Å². The van der Waals surface area contributed by atoms with Crippen molar-refractivity contribution in [3.8, 4) is 0 Å². The lowest BCUT2D eigenvalue weighted by Gasteiger charge is -2.35. The standard InChI is InChI=1S/C11H19N3O2/c1-4-14-6-9(5-12-14)13-10-7-15-11(2,3)16-8-10/h5-6,10,13H,4,7-8H2,1-3H3. The van der Waals surface area contributed by atoms with Gasteiger partial charge < -0.3 is 14.8 Å². The van der Waals surface area contributed by atoms with Gasteiger partial charge in [-0.2, -0.15) is 5.10 Å². The summed E-state index contributed by atoms with van der Waals surface area (Å²) >= 11 is 0. The minimum absolute atomic E-state index is 0.197. The first kappa shape index (κ1) is 11.4. The average molecular weight is 225 g/mol. The fourth-order valence-corrected chi connectivity index (χ4v) is 1.62. The van der Waals surface area contributed by atoms with Crippen LogP contribution in [0.1, 0.15) is 20.8 Å². The molecule has 1 aliphatic rings. The highest BCUT2D eigenvalue weighted by Crippen LogP contribution is 2.19. The van der Waals surface area contributed by atoms with Crippen LogP contribution in [0.2, 0.25) is 0 Å². The van der Waals surface area contributed by atoms with Gasteiger partial charge in [-0.25, -0.2) is 0 Å². The van der Waals surface area contributed by atoms with Gasteiger partial charge in [0.25, 0.3) is 0 Å². The second-order valence-electron chi connectivity index (χ2n) is 4.45. The summed E-state index contributed by atoms with van der Waals surface area (Å²) in [6.07, 6.45) is 3.81. The van der Waals surface area contributed by atoms with Gasteiger partial charge in [0, 0.05) is 12.7 Å². The lowest BCUT2D eigenvalue weighted by molar-refractivity contribution is -0.247. The number of nitrogens with one attached hydrogen (secondary N) is 1. The van der Waals surface area contributed by atoms with Gasteiger partial charge >= 0.3 is 0 Å². The van der Waals surface area contributed by atoms with Gasteiger partial charge in [0.2, 0.25) is 0 Å². The van der Waals surface area contributed by atoms with E-state index >= 15 is 0 Å². The van der Waals surface area contributed by atoms with E-state index in [1.807, 2.05) is 30.9 Å². The quantitative estimate of drug-likeness (QED) is 0.846. The highest BCUT2D eigenvalue weighted by Gasteiger charge is 2.28. The zero-order valence-corrected chi connectivity index (χ0v) is 10.1. The second-order valence-corrected chi connectivity index (χ2v) is 4.45. The van der Waals surface area contributed by atoms with Crippen LogP contribution < -0.4 is 5.32 Å². The monoisotopic (exact) mass is 225 g/mol. The molecule has 2 heterocycles. The largest absolute Gasteiger partial charge is 0.375 e. The Balaban J connectivity index is 1.87. The zero-order valence-electron chi connectivity index (χ0n) is 10.1. The number of anilines is 1. The Morgan fingerprint density at radius 1 is 1.50 bits per heavy atom. The number of aromatic nitrogens is 2. The molecule has 90 valence electrons. The molecule has 0 saturated carbocycles. The van der Waals surface area contributed by atoms with Crippen molar-refractivity contribution < 1.29 is 9.47 Å². The van der Waals surface area contributed by atoms with Gasteiger partial charge in [-0.1, -0.05) is 0 Å². The van der Waals surface area contributed by atoms with Crippen molar-refractivity contribution in [2.45, 2.75) is 39.1 Å². The van der Waals surface area contributed by atoms with E-state index in [2.05, 4.69) is 17.3 Å². The van der Waals surface area contributed by atoms with Crippen LogP contribution in [-0.2, 0) is 16.0 Å². The third-order valence-electron chi connectivity index (χ3n) is 2.59. The molecule has 0 amide bonds. The van der Waals surface area contributed by atoms with Crippen LogP contribution >= 0.6 is 0 Å². The first-order valence-electron chi connectivity index (χ1n) is 5.66. The maximum atomic E-state index is 5.57. The molecule has 5 nitrogen and oxygen atoms in total. The summed E-state index contributed by atoms with van der Waals surface area (Å²) in [5, 5.41) is 7.54. The predicted molar refractivity (Wildman–Crippen MR) is 61.3 cm³/mol. The van der Waals surface area contributed by atoms with Gasteiger partial charge in [0.1, 0.15) is 0 Å². The van der Waals surface area contributed by atoms with Gasteiger partial charge in [-0.3, -0.25) is 4.68 Å². The van der Waals surface area contributed by atoms with E-state index in [0.29, 0.717) is 13.2 Å². The molecular weight excluding hydrogens is 206 g/mol. The Bertz CT molecular complexity index is 339. The van der Waals surface area contributed by atoms with Crippen LogP contribution in [0.25, 0.3) is 0 Å². The molecule has 1 aliphatic heterocycles. The lowest BCUT2D eigenvalue weighted by Crippen LogP contribution is -2.45. The van der Waals surface area contributed by atoms with Crippen LogP contribution in [0, 0.1) is 0 Å². The summed E-state index contributed by atoms with van der Waals surface area (Å²) in [5.74, 6) is -0.453. The van der Waals surface area contributed by atoms with E-state index in [1.54, 1.807) is 0 Å². The van der Waals surface area contributed by atoms with E-state index in [1.165, 1.54) is 0 Å². The van der Waals surface area contributed by atoms with Crippen LogP contribution in [0.15, 0.2) is 12.4 Å². The number of rotatable bonds is 3. The Kier molecular flexibility index (Phi) is 3.16. The maximum absolute atomic E-state index is 5.57. The molecular formula is C11H19N3O2. The van der Waals surface area contributed by atoms with Crippen molar-refractivity contribution in [2.24, 2.45) is 0 Å². The van der Waals surface area contributed by atoms with E-state index < -0.39 is 5.79 Å². The molecule has 5 heteroatoms. The molecule has 0 bridgehead atoms. The normalized spacial score (nSPS) is 20.9. The number of nitrogens with zero attached hydrogens (tertiary/aromatic N) is 2. The van der Waals surface area contributed by atoms with Crippen molar-refractivity contribution in [2.75, 3.05) is 18.5 Å². The molecule has 0 atom stereocenters. The summed E-state index contributed by atoms with van der Waals surface area (Å²) in [6, 6.07) is 0.197. The molecule has 0 spiro atoms. The van der Waals surface area contributed by atoms with Gasteiger partial charge in [-0.15, -0.1) is 0 Å². The fraction of sp³-hybridized carbons (Fsp3) is 0.727. The number of hydrogen-bond donors (Lipinski definition) is 1. The van der Waals surface area contributed by atoms with E-state index in [0.717, 1.165) is 12.2 Å². The minimum atomic E-state index is -0.453. The van der Waals surface area contributed by atoms with E-state index in [4.69, 9.17) is 9.47 Å². The molecule has 1 fully saturated rings. The third-order valence-corrected chi connectivity index (χ3v) is 2.59. The number of aryl methyl sites for hydroxylation is 1. The molecule has 16 heavy (non-hydrogen) atoms. The topological polar surface area (TPSA) is 48.3 Å². The smallest absolute Gasteiger partial charge is 0.162 e. The summed E-state index contributed by atoms with van der Waals surface area (Å²) in [6.45, 7) is 8.11. The van der Waals surface area contributed by atoms with Crippen molar-refractivity contribution in [1.29, 1.82) is 0 Å². The molecule has 0 aromatic carbocycles. The van der Waals surface area contributed by atoms with Crippen LogP contribution in [0.5, 0.6) is 0 Å². The fourth-order valence-electron chi connectivity index (χ4n) is 1.62. The number of hydrogen-bond acceptors (Lipinski definition) is 4. The van der Waals surface area contributed by atoms with Gasteiger partial charge in [-0.05, 0) is 20.8 Å². The molecule has 0 radical (unpaired) electrons. The van der Waals surface area contributed by atoms with E-state index in [9.17, 15) is 0 Å². The molecule has 1 N–H and O–H groups in total. The van der Waals surface area contributed by atoms with E-state index in [-0.39, 0.29) is 6.04 Å². The zero-order chi connectivity index (χ0) is 11.6. The molecule has 1 saturated heterocycles. The lowest BCUT2D eigenvalue weighted by atomic mass is 10.2. The SMILES string of the molecule is CCn1cc(NC2COC(C)(C)OC2)cn1. The predicted octanol–water partition coefficient (Wildman–Crippen LogP) is 1.47. The minimum Gasteiger partial charge on any atom is -0.375 e. The molecule has 0 aliphatic carbocycles. The average Bonchev–Trinajstić information content (AvgIpc) is 2.69. The Hall–Kier alpha value is -1.07. The molecule has 0 unspecified atom stereocenters. The summed E-state index contributed by atoms with van der Waals surface area (Å²) in [4.78, 5) is 0. The summed E-state index contributed by atoms with van der Waals surface area (Å²) in [7, 11) is 0. The Morgan fingerprint density at radius 3 is 2.75 bits per heavy atom. The molecule has 1 aromatic heterocycles. The first-order valence-corrected chi connectivity index (χ1v) is 5.66. The van der Waals surface area contributed by atoms with Gasteiger partial charge in [0.05, 0.1) is 31.1 Å². The van der Waals surface area contributed by atoms with Crippen LogP contribution in [-0.4, -0.2) is 34.8 Å². The van der Waals surface area contributed by atoms with Crippen molar-refractivity contribution >= 4 is 5.69 Å². The highest BCUT2D eigenvalue weighted by molar-refractivity contribution is 5.39. The Labute approximate surface area is 95.7 Å². The molecule has 2 rings (SSSR count). The van der Waals surface area contributed by atoms with Crippen molar-refractivity contribution in [3.63, 3.8) is 0 Å². The van der Waals surface area contributed by atoms with Crippen molar-refractivity contribution in [3.05, 3.63) is 12.4 Å². The molecule has 1 aromatic rings. The third kappa shape index (κ3) is 2.74. The Morgan fingerprint density at radius 2 is 2.19 bits per heavy atom. The second kappa shape index (κ2) is 4.43. The number of ether oxygens (including phenoxy) is 2. The highest BCUT2D eigenvalue weighted by atomic mass is 16.7. The first-order chi connectivity index (χ1) is 7.59.